The third kappa shape index (κ3) is 3.79. The highest BCUT2D eigenvalue weighted by molar-refractivity contribution is 8.14. The Morgan fingerprint density at radius 3 is 2.67 bits per heavy atom. The summed E-state index contributed by atoms with van der Waals surface area (Å²) >= 11 is 1.79. The van der Waals surface area contributed by atoms with E-state index in [1.807, 2.05) is 0 Å². The maximum atomic E-state index is 10.9. The second kappa shape index (κ2) is 5.89. The molecule has 0 aromatic heterocycles. The zero-order chi connectivity index (χ0) is 11.3. The summed E-state index contributed by atoms with van der Waals surface area (Å²) in [4.78, 5) is 4.43. The number of hydrogen-bond donors (Lipinski definition) is 1. The minimum Gasteiger partial charge on any atom is -0.359 e. The van der Waals surface area contributed by atoms with Crippen molar-refractivity contribution in [3.8, 4) is 0 Å². The Kier molecular flexibility index (Phi) is 5.12. The molecule has 0 aliphatic carbocycles. The first-order valence-electron chi connectivity index (χ1n) is 5.37. The van der Waals surface area contributed by atoms with Gasteiger partial charge in [0.25, 0.3) is 0 Å². The maximum Gasteiger partial charge on any atom is 0.157 e. The molecule has 1 aliphatic rings. The van der Waals surface area contributed by atoms with Crippen LogP contribution in [0.5, 0.6) is 0 Å². The van der Waals surface area contributed by atoms with Crippen LogP contribution in [0.2, 0.25) is 0 Å². The number of nitrogens with one attached hydrogen (secondary N) is 1. The molecular weight excluding hydrogens is 228 g/mol. The van der Waals surface area contributed by atoms with Crippen molar-refractivity contribution in [3.63, 3.8) is 0 Å². The van der Waals surface area contributed by atoms with Gasteiger partial charge in [0.15, 0.2) is 5.17 Å². The number of nitrogens with zero attached hydrogens (tertiary/aromatic N) is 1. The first kappa shape index (κ1) is 13.0. The molecule has 0 aromatic carbocycles. The van der Waals surface area contributed by atoms with Crippen LogP contribution < -0.4 is 5.32 Å². The fraction of sp³-hybridized carbons (Fsp3) is 0.900. The number of rotatable bonds is 5. The van der Waals surface area contributed by atoms with Gasteiger partial charge in [-0.1, -0.05) is 25.6 Å². The van der Waals surface area contributed by atoms with Crippen molar-refractivity contribution in [3.05, 3.63) is 0 Å². The molecule has 1 saturated heterocycles. The predicted molar refractivity (Wildman–Crippen MR) is 70.1 cm³/mol. The van der Waals surface area contributed by atoms with E-state index in [0.717, 1.165) is 23.8 Å². The molecule has 5 heteroatoms. The fourth-order valence-electron chi connectivity index (χ4n) is 1.50. The molecule has 1 fully saturated rings. The number of aliphatic imine (C=N–C) groups is 1. The van der Waals surface area contributed by atoms with Crippen LogP contribution in [-0.4, -0.2) is 39.2 Å². The Morgan fingerprint density at radius 2 is 2.20 bits per heavy atom. The summed E-state index contributed by atoms with van der Waals surface area (Å²) in [6, 6.07) is 0. The van der Waals surface area contributed by atoms with Crippen LogP contribution in [0.4, 0.5) is 0 Å². The first-order valence-corrected chi connectivity index (χ1v) is 8.08. The largest absolute Gasteiger partial charge is 0.359 e. The lowest BCUT2D eigenvalue weighted by molar-refractivity contribution is 0.407. The minimum atomic E-state index is -0.732. The van der Waals surface area contributed by atoms with Crippen molar-refractivity contribution < 1.29 is 4.21 Å². The van der Waals surface area contributed by atoms with Crippen LogP contribution in [-0.2, 0) is 10.8 Å². The maximum absolute atomic E-state index is 10.9. The highest BCUT2D eigenvalue weighted by Gasteiger charge is 2.33. The summed E-state index contributed by atoms with van der Waals surface area (Å²) in [5, 5.41) is 4.52. The van der Waals surface area contributed by atoms with E-state index in [1.165, 1.54) is 0 Å². The number of amidine groups is 1. The summed E-state index contributed by atoms with van der Waals surface area (Å²) in [6.45, 7) is 5.09. The van der Waals surface area contributed by atoms with Crippen LogP contribution in [0.25, 0.3) is 0 Å². The van der Waals surface area contributed by atoms with E-state index in [-0.39, 0.29) is 5.54 Å². The van der Waals surface area contributed by atoms with Gasteiger partial charge in [-0.2, -0.15) is 0 Å². The molecule has 1 heterocycles. The summed E-state index contributed by atoms with van der Waals surface area (Å²) in [5.74, 6) is 1.77. The topological polar surface area (TPSA) is 41.5 Å². The molecule has 1 atom stereocenters. The van der Waals surface area contributed by atoms with Crippen molar-refractivity contribution in [2.75, 3.05) is 24.3 Å². The minimum absolute atomic E-state index is 0.245. The van der Waals surface area contributed by atoms with Crippen molar-refractivity contribution in [1.29, 1.82) is 0 Å². The van der Waals surface area contributed by atoms with Crippen molar-refractivity contribution in [1.82, 2.24) is 5.32 Å². The second-order valence-corrected chi connectivity index (χ2v) is 6.38. The highest BCUT2D eigenvalue weighted by Crippen LogP contribution is 2.28. The van der Waals surface area contributed by atoms with E-state index in [9.17, 15) is 4.21 Å². The molecule has 0 spiro atoms. The average Bonchev–Trinajstić information content (AvgIpc) is 2.62. The van der Waals surface area contributed by atoms with Gasteiger partial charge in [0.05, 0.1) is 6.54 Å². The molecule has 0 bridgehead atoms. The molecule has 0 amide bonds. The lowest BCUT2D eigenvalue weighted by Gasteiger charge is -2.25. The first-order chi connectivity index (χ1) is 7.12. The van der Waals surface area contributed by atoms with Crippen LogP contribution in [0.3, 0.4) is 0 Å². The quantitative estimate of drug-likeness (QED) is 0.804. The van der Waals surface area contributed by atoms with Crippen molar-refractivity contribution in [2.24, 2.45) is 4.99 Å². The zero-order valence-electron chi connectivity index (χ0n) is 9.71. The van der Waals surface area contributed by atoms with Crippen LogP contribution in [0.15, 0.2) is 4.99 Å². The van der Waals surface area contributed by atoms with Gasteiger partial charge in [-0.3, -0.25) is 9.20 Å². The summed E-state index contributed by atoms with van der Waals surface area (Å²) in [6.07, 6.45) is 3.99. The van der Waals surface area contributed by atoms with E-state index < -0.39 is 10.8 Å². The predicted octanol–water partition coefficient (Wildman–Crippen LogP) is 1.62. The van der Waals surface area contributed by atoms with E-state index in [4.69, 9.17) is 0 Å². The van der Waals surface area contributed by atoms with E-state index in [0.29, 0.717) is 12.3 Å². The Bertz CT molecular complexity index is 262. The monoisotopic (exact) mass is 248 g/mol. The van der Waals surface area contributed by atoms with E-state index in [1.54, 1.807) is 18.0 Å². The standard InChI is InChI=1S/C10H20N2OS2/c1-4-10(5-2)8-14-9(12-10)11-6-7-15(3)13/h4-8H2,1-3H3,(H,11,12). The molecular formula is C10H20N2OS2. The molecule has 0 aromatic rings. The average molecular weight is 248 g/mol. The highest BCUT2D eigenvalue weighted by atomic mass is 32.2. The smallest absolute Gasteiger partial charge is 0.157 e. The molecule has 1 unspecified atom stereocenters. The summed E-state index contributed by atoms with van der Waals surface area (Å²) < 4.78 is 10.9. The van der Waals surface area contributed by atoms with Gasteiger partial charge in [-0.05, 0) is 12.8 Å². The van der Waals surface area contributed by atoms with Gasteiger partial charge in [0.1, 0.15) is 0 Å². The van der Waals surface area contributed by atoms with Crippen LogP contribution in [0.1, 0.15) is 26.7 Å². The molecule has 88 valence electrons. The van der Waals surface area contributed by atoms with Gasteiger partial charge in [-0.25, -0.2) is 0 Å². The molecule has 3 nitrogen and oxygen atoms in total. The fourth-order valence-corrected chi connectivity index (χ4v) is 3.21. The third-order valence-electron chi connectivity index (χ3n) is 2.84. The SMILES string of the molecule is CCC1(CC)CSC(=NCCS(C)=O)N1. The normalized spacial score (nSPS) is 24.1. The Hall–Kier alpha value is -0.0300. The molecule has 1 rings (SSSR count). The van der Waals surface area contributed by atoms with Gasteiger partial charge >= 0.3 is 0 Å². The molecule has 1 aliphatic heterocycles. The molecule has 0 radical (unpaired) electrons. The number of thioether (sulfide) groups is 1. The van der Waals surface area contributed by atoms with Crippen LogP contribution in [0, 0.1) is 0 Å². The lowest BCUT2D eigenvalue weighted by Crippen LogP contribution is -2.42. The number of hydrogen-bond acceptors (Lipinski definition) is 3. The van der Waals surface area contributed by atoms with E-state index in [2.05, 4.69) is 24.2 Å². The van der Waals surface area contributed by atoms with Crippen LogP contribution >= 0.6 is 11.8 Å². The second-order valence-electron chi connectivity index (χ2n) is 3.87. The summed E-state index contributed by atoms with van der Waals surface area (Å²) in [5.41, 5.74) is 0.245. The molecule has 15 heavy (non-hydrogen) atoms. The van der Waals surface area contributed by atoms with Gasteiger partial charge < -0.3 is 5.32 Å². The van der Waals surface area contributed by atoms with Gasteiger partial charge in [0.2, 0.25) is 0 Å². The van der Waals surface area contributed by atoms with Crippen molar-refractivity contribution >= 4 is 27.7 Å². The Morgan fingerprint density at radius 1 is 1.53 bits per heavy atom. The van der Waals surface area contributed by atoms with Gasteiger partial charge in [0, 0.05) is 34.1 Å². The molecule has 0 saturated carbocycles. The lowest BCUT2D eigenvalue weighted by atomic mass is 9.96. The third-order valence-corrected chi connectivity index (χ3v) is 4.80. The summed E-state index contributed by atoms with van der Waals surface area (Å²) in [7, 11) is -0.732. The van der Waals surface area contributed by atoms with Gasteiger partial charge in [-0.15, -0.1) is 0 Å². The molecule has 1 N–H and O–H groups in total. The zero-order valence-corrected chi connectivity index (χ0v) is 11.3. The Balaban J connectivity index is 2.44. The van der Waals surface area contributed by atoms with E-state index >= 15 is 0 Å². The Labute approximate surface area is 99.0 Å². The van der Waals surface area contributed by atoms with Crippen molar-refractivity contribution in [2.45, 2.75) is 32.2 Å².